The SMILES string of the molecule is CC(=O)C1=C(C)N(N)C(=O)N[C@H]1c1ccc(N(C)C)cc1. The summed E-state index contributed by atoms with van der Waals surface area (Å²) in [5.74, 6) is 5.55. The number of nitrogens with one attached hydrogen (secondary N) is 1. The van der Waals surface area contributed by atoms with Gasteiger partial charge in [0, 0.05) is 31.1 Å². The van der Waals surface area contributed by atoms with Crippen LogP contribution in [0.4, 0.5) is 10.5 Å². The van der Waals surface area contributed by atoms with Crippen molar-refractivity contribution < 1.29 is 9.59 Å². The molecule has 0 aliphatic carbocycles. The van der Waals surface area contributed by atoms with Crippen LogP contribution >= 0.6 is 0 Å². The van der Waals surface area contributed by atoms with Crippen LogP contribution in [0.15, 0.2) is 35.5 Å². The van der Waals surface area contributed by atoms with Crippen LogP contribution in [0.3, 0.4) is 0 Å². The summed E-state index contributed by atoms with van der Waals surface area (Å²) in [6.45, 7) is 3.15. The number of nitrogens with two attached hydrogens (primary N) is 1. The molecule has 2 rings (SSSR count). The second-order valence-corrected chi connectivity index (χ2v) is 5.29. The Morgan fingerprint density at radius 3 is 2.33 bits per heavy atom. The van der Waals surface area contributed by atoms with Crippen molar-refractivity contribution >= 4 is 17.5 Å². The molecule has 0 bridgehead atoms. The van der Waals surface area contributed by atoms with E-state index >= 15 is 0 Å². The second kappa shape index (κ2) is 5.57. The summed E-state index contributed by atoms with van der Waals surface area (Å²) in [6.07, 6.45) is 0. The van der Waals surface area contributed by atoms with Gasteiger partial charge >= 0.3 is 6.03 Å². The number of Topliss-reactive ketones (excluding diaryl/α,β-unsaturated/α-hetero) is 1. The maximum absolute atomic E-state index is 11.9. The van der Waals surface area contributed by atoms with Gasteiger partial charge in [-0.1, -0.05) is 12.1 Å². The molecule has 21 heavy (non-hydrogen) atoms. The number of allylic oxidation sites excluding steroid dienone is 1. The molecule has 0 saturated carbocycles. The number of benzene rings is 1. The first-order valence-electron chi connectivity index (χ1n) is 6.67. The van der Waals surface area contributed by atoms with E-state index in [1.807, 2.05) is 43.3 Å². The maximum atomic E-state index is 11.9. The number of nitrogens with zero attached hydrogens (tertiary/aromatic N) is 2. The lowest BCUT2D eigenvalue weighted by Gasteiger charge is -2.32. The van der Waals surface area contributed by atoms with Gasteiger partial charge in [0.15, 0.2) is 5.78 Å². The Balaban J connectivity index is 2.45. The van der Waals surface area contributed by atoms with Gasteiger partial charge in [-0.15, -0.1) is 0 Å². The zero-order chi connectivity index (χ0) is 15.7. The predicted octanol–water partition coefficient (Wildman–Crippen LogP) is 1.56. The Labute approximate surface area is 124 Å². The summed E-state index contributed by atoms with van der Waals surface area (Å²) in [6, 6.07) is 6.82. The summed E-state index contributed by atoms with van der Waals surface area (Å²) in [5, 5.41) is 3.74. The number of anilines is 1. The highest BCUT2D eigenvalue weighted by Crippen LogP contribution is 2.30. The van der Waals surface area contributed by atoms with E-state index in [0.717, 1.165) is 16.3 Å². The largest absolute Gasteiger partial charge is 0.378 e. The van der Waals surface area contributed by atoms with Crippen LogP contribution in [0.2, 0.25) is 0 Å². The minimum absolute atomic E-state index is 0.107. The van der Waals surface area contributed by atoms with Gasteiger partial charge in [0.05, 0.1) is 6.04 Å². The number of carbonyl (C=O) groups is 2. The van der Waals surface area contributed by atoms with E-state index in [-0.39, 0.29) is 5.78 Å². The van der Waals surface area contributed by atoms with E-state index in [2.05, 4.69) is 5.32 Å². The summed E-state index contributed by atoms with van der Waals surface area (Å²) in [7, 11) is 3.91. The second-order valence-electron chi connectivity index (χ2n) is 5.29. The molecule has 1 atom stereocenters. The number of carbonyl (C=O) groups excluding carboxylic acids is 2. The number of rotatable bonds is 3. The monoisotopic (exact) mass is 288 g/mol. The summed E-state index contributed by atoms with van der Waals surface area (Å²) in [4.78, 5) is 25.8. The summed E-state index contributed by atoms with van der Waals surface area (Å²) >= 11 is 0. The molecule has 0 spiro atoms. The van der Waals surface area contributed by atoms with Gasteiger partial charge in [0.2, 0.25) is 0 Å². The number of ketones is 1. The molecular weight excluding hydrogens is 268 g/mol. The molecule has 1 aliphatic rings. The lowest BCUT2D eigenvalue weighted by atomic mass is 9.93. The minimum Gasteiger partial charge on any atom is -0.378 e. The molecule has 1 aromatic carbocycles. The number of hydrazine groups is 1. The van der Waals surface area contributed by atoms with Crippen LogP contribution in [0.1, 0.15) is 25.5 Å². The molecular formula is C15H20N4O2. The zero-order valence-corrected chi connectivity index (χ0v) is 12.7. The molecule has 6 nitrogen and oxygen atoms in total. The first-order chi connectivity index (χ1) is 9.82. The van der Waals surface area contributed by atoms with E-state index in [1.54, 1.807) is 6.92 Å². The fourth-order valence-corrected chi connectivity index (χ4v) is 2.43. The Morgan fingerprint density at radius 1 is 1.29 bits per heavy atom. The van der Waals surface area contributed by atoms with E-state index in [4.69, 9.17) is 5.84 Å². The quantitative estimate of drug-likeness (QED) is 0.653. The normalized spacial score (nSPS) is 18.6. The summed E-state index contributed by atoms with van der Waals surface area (Å²) < 4.78 is 0. The highest BCUT2D eigenvalue weighted by molar-refractivity contribution is 5.98. The first kappa shape index (κ1) is 15.1. The van der Waals surface area contributed by atoms with Crippen LogP contribution < -0.4 is 16.1 Å². The van der Waals surface area contributed by atoms with Crippen molar-refractivity contribution in [1.82, 2.24) is 10.3 Å². The molecule has 2 amide bonds. The molecule has 1 heterocycles. The van der Waals surface area contributed by atoms with Crippen molar-refractivity contribution in [3.8, 4) is 0 Å². The number of amides is 2. The van der Waals surface area contributed by atoms with Crippen molar-refractivity contribution in [3.63, 3.8) is 0 Å². The van der Waals surface area contributed by atoms with E-state index < -0.39 is 12.1 Å². The lowest BCUT2D eigenvalue weighted by molar-refractivity contribution is -0.114. The van der Waals surface area contributed by atoms with Crippen LogP contribution in [-0.4, -0.2) is 30.9 Å². The Bertz CT molecular complexity index is 605. The number of urea groups is 1. The average Bonchev–Trinajstić information content (AvgIpc) is 2.44. The molecule has 0 unspecified atom stereocenters. The predicted molar refractivity (Wildman–Crippen MR) is 81.4 cm³/mol. The Kier molecular flexibility index (Phi) is 3.99. The standard InChI is InChI=1S/C15H20N4O2/c1-9-13(10(2)20)14(17-15(21)19(9)16)11-5-7-12(8-6-11)18(3)4/h5-8,14H,16H2,1-4H3,(H,17,21)/t14-/m0/s1. The van der Waals surface area contributed by atoms with Gasteiger partial charge in [0.1, 0.15) is 0 Å². The fourth-order valence-electron chi connectivity index (χ4n) is 2.43. The van der Waals surface area contributed by atoms with Gasteiger partial charge in [-0.3, -0.25) is 4.79 Å². The maximum Gasteiger partial charge on any atom is 0.336 e. The third-order valence-electron chi connectivity index (χ3n) is 3.65. The number of hydrogen-bond donors (Lipinski definition) is 2. The Hall–Kier alpha value is -2.34. The smallest absolute Gasteiger partial charge is 0.336 e. The van der Waals surface area contributed by atoms with Gasteiger partial charge < -0.3 is 10.2 Å². The Morgan fingerprint density at radius 2 is 1.86 bits per heavy atom. The zero-order valence-electron chi connectivity index (χ0n) is 12.7. The fraction of sp³-hybridized carbons (Fsp3) is 0.333. The van der Waals surface area contributed by atoms with Crippen molar-refractivity contribution in [2.24, 2.45) is 5.84 Å². The highest BCUT2D eigenvalue weighted by atomic mass is 16.2. The van der Waals surface area contributed by atoms with Crippen LogP contribution in [-0.2, 0) is 4.79 Å². The summed E-state index contributed by atoms with van der Waals surface area (Å²) in [5.41, 5.74) is 2.89. The van der Waals surface area contributed by atoms with Gasteiger partial charge in [-0.25, -0.2) is 15.6 Å². The van der Waals surface area contributed by atoms with Crippen molar-refractivity contribution in [1.29, 1.82) is 0 Å². The van der Waals surface area contributed by atoms with Crippen molar-refractivity contribution in [2.45, 2.75) is 19.9 Å². The van der Waals surface area contributed by atoms with Gasteiger partial charge in [0.25, 0.3) is 0 Å². The van der Waals surface area contributed by atoms with Gasteiger partial charge in [-0.2, -0.15) is 0 Å². The highest BCUT2D eigenvalue weighted by Gasteiger charge is 2.32. The molecule has 0 aromatic heterocycles. The topological polar surface area (TPSA) is 78.7 Å². The molecule has 1 aromatic rings. The van der Waals surface area contributed by atoms with Crippen LogP contribution in [0, 0.1) is 0 Å². The van der Waals surface area contributed by atoms with E-state index in [0.29, 0.717) is 11.3 Å². The minimum atomic E-state index is -0.467. The molecule has 3 N–H and O–H groups in total. The molecule has 112 valence electrons. The van der Waals surface area contributed by atoms with Crippen molar-refractivity contribution in [2.75, 3.05) is 19.0 Å². The molecule has 0 radical (unpaired) electrons. The molecule has 0 saturated heterocycles. The lowest BCUT2D eigenvalue weighted by Crippen LogP contribution is -2.50. The third kappa shape index (κ3) is 2.75. The molecule has 0 fully saturated rings. The van der Waals surface area contributed by atoms with Crippen LogP contribution in [0.25, 0.3) is 0 Å². The van der Waals surface area contributed by atoms with Crippen LogP contribution in [0.5, 0.6) is 0 Å². The van der Waals surface area contributed by atoms with Crippen molar-refractivity contribution in [3.05, 3.63) is 41.1 Å². The average molecular weight is 288 g/mol. The molecule has 6 heteroatoms. The van der Waals surface area contributed by atoms with Gasteiger partial charge in [-0.05, 0) is 31.5 Å². The third-order valence-corrected chi connectivity index (χ3v) is 3.65. The van der Waals surface area contributed by atoms with E-state index in [1.165, 1.54) is 6.92 Å². The van der Waals surface area contributed by atoms with E-state index in [9.17, 15) is 9.59 Å². The molecule has 1 aliphatic heterocycles. The first-order valence-corrected chi connectivity index (χ1v) is 6.67. The number of hydrogen-bond acceptors (Lipinski definition) is 4.